The van der Waals surface area contributed by atoms with Gasteiger partial charge in [-0.15, -0.1) is 0 Å². The summed E-state index contributed by atoms with van der Waals surface area (Å²) in [7, 11) is 0. The molecule has 2 aliphatic rings. The van der Waals surface area contributed by atoms with Crippen molar-refractivity contribution >= 4 is 0 Å². The molecule has 2 fully saturated rings. The first-order valence-corrected chi connectivity index (χ1v) is 7.23. The van der Waals surface area contributed by atoms with Gasteiger partial charge in [-0.25, -0.2) is 8.78 Å². The lowest BCUT2D eigenvalue weighted by atomic mass is 9.77. The lowest BCUT2D eigenvalue weighted by Crippen LogP contribution is -2.44. The molecule has 0 aromatic carbocycles. The van der Waals surface area contributed by atoms with Crippen molar-refractivity contribution in [3.8, 4) is 0 Å². The largest absolute Gasteiger partial charge is 0.314 e. The van der Waals surface area contributed by atoms with Gasteiger partial charge in [-0.3, -0.25) is 0 Å². The molecule has 17 heavy (non-hydrogen) atoms. The van der Waals surface area contributed by atoms with E-state index in [-0.39, 0.29) is 12.8 Å². The van der Waals surface area contributed by atoms with Gasteiger partial charge >= 0.3 is 0 Å². The van der Waals surface area contributed by atoms with E-state index in [9.17, 15) is 8.78 Å². The lowest BCUT2D eigenvalue weighted by Gasteiger charge is -2.37. The highest BCUT2D eigenvalue weighted by molar-refractivity contribution is 4.90. The van der Waals surface area contributed by atoms with E-state index in [0.29, 0.717) is 24.8 Å². The number of rotatable bonds is 4. The van der Waals surface area contributed by atoms with Gasteiger partial charge in [0.15, 0.2) is 0 Å². The minimum Gasteiger partial charge on any atom is -0.314 e. The van der Waals surface area contributed by atoms with Crippen LogP contribution in [0.2, 0.25) is 0 Å². The highest BCUT2D eigenvalue weighted by Gasteiger charge is 2.39. The summed E-state index contributed by atoms with van der Waals surface area (Å²) in [4.78, 5) is 0. The molecule has 0 aromatic rings. The van der Waals surface area contributed by atoms with E-state index in [0.717, 1.165) is 12.5 Å². The van der Waals surface area contributed by atoms with Crippen LogP contribution in [-0.2, 0) is 0 Å². The van der Waals surface area contributed by atoms with Crippen LogP contribution in [0, 0.1) is 11.8 Å². The summed E-state index contributed by atoms with van der Waals surface area (Å²) in [5, 5.41) is 3.58. The number of nitrogens with one attached hydrogen (secondary N) is 1. The average Bonchev–Trinajstić information content (AvgIpc) is 2.80. The maximum Gasteiger partial charge on any atom is 0.248 e. The molecule has 0 aromatic heterocycles. The van der Waals surface area contributed by atoms with Crippen LogP contribution < -0.4 is 5.32 Å². The Balaban J connectivity index is 1.92. The van der Waals surface area contributed by atoms with E-state index in [1.54, 1.807) is 0 Å². The number of halogens is 2. The zero-order chi connectivity index (χ0) is 12.3. The van der Waals surface area contributed by atoms with Crippen LogP contribution in [-0.4, -0.2) is 18.5 Å². The highest BCUT2D eigenvalue weighted by atomic mass is 19.3. The topological polar surface area (TPSA) is 12.0 Å². The van der Waals surface area contributed by atoms with Gasteiger partial charge in [-0.05, 0) is 44.1 Å². The van der Waals surface area contributed by atoms with E-state index in [1.165, 1.54) is 25.7 Å². The molecule has 0 spiro atoms. The van der Waals surface area contributed by atoms with Crippen LogP contribution >= 0.6 is 0 Å². The first-order chi connectivity index (χ1) is 8.12. The predicted octanol–water partition coefficient (Wildman–Crippen LogP) is 3.98. The third kappa shape index (κ3) is 3.40. The Morgan fingerprint density at radius 1 is 1.06 bits per heavy atom. The predicted molar refractivity (Wildman–Crippen MR) is 66.3 cm³/mol. The minimum atomic E-state index is -2.39. The van der Waals surface area contributed by atoms with Gasteiger partial charge in [-0.1, -0.05) is 19.8 Å². The standard InChI is InChI=1S/C14H25F2N/c1-2-17-13(11-5-3-4-6-11)12-7-9-14(15,16)10-8-12/h11-13,17H,2-10H2,1H3. The summed E-state index contributed by atoms with van der Waals surface area (Å²) in [6.07, 6.45) is 6.88. The van der Waals surface area contributed by atoms with Gasteiger partial charge in [0.25, 0.3) is 0 Å². The summed E-state index contributed by atoms with van der Waals surface area (Å²) < 4.78 is 26.4. The van der Waals surface area contributed by atoms with Crippen LogP contribution in [0.5, 0.6) is 0 Å². The Morgan fingerprint density at radius 2 is 1.59 bits per heavy atom. The molecule has 100 valence electrons. The Kier molecular flexibility index (Phi) is 4.40. The maximum absolute atomic E-state index is 13.2. The minimum absolute atomic E-state index is 0.103. The Morgan fingerprint density at radius 3 is 2.12 bits per heavy atom. The first-order valence-electron chi connectivity index (χ1n) is 7.23. The molecule has 2 saturated carbocycles. The molecule has 0 heterocycles. The van der Waals surface area contributed by atoms with E-state index in [4.69, 9.17) is 0 Å². The maximum atomic E-state index is 13.2. The van der Waals surface area contributed by atoms with Crippen molar-refractivity contribution in [2.45, 2.75) is 70.3 Å². The molecule has 1 unspecified atom stereocenters. The van der Waals surface area contributed by atoms with Crippen LogP contribution in [0.25, 0.3) is 0 Å². The Labute approximate surface area is 103 Å². The van der Waals surface area contributed by atoms with E-state index < -0.39 is 5.92 Å². The van der Waals surface area contributed by atoms with Crippen molar-refractivity contribution in [3.63, 3.8) is 0 Å². The molecule has 0 bridgehead atoms. The summed E-state index contributed by atoms with van der Waals surface area (Å²) in [5.41, 5.74) is 0. The van der Waals surface area contributed by atoms with E-state index in [2.05, 4.69) is 12.2 Å². The Bertz CT molecular complexity index is 226. The van der Waals surface area contributed by atoms with Crippen molar-refractivity contribution in [1.29, 1.82) is 0 Å². The van der Waals surface area contributed by atoms with Gasteiger partial charge in [0, 0.05) is 18.9 Å². The Hall–Kier alpha value is -0.180. The average molecular weight is 245 g/mol. The second kappa shape index (κ2) is 5.64. The quantitative estimate of drug-likeness (QED) is 0.790. The fourth-order valence-corrected chi connectivity index (χ4v) is 3.69. The van der Waals surface area contributed by atoms with Gasteiger partial charge in [-0.2, -0.15) is 0 Å². The third-order valence-electron chi connectivity index (χ3n) is 4.62. The zero-order valence-electron chi connectivity index (χ0n) is 10.9. The van der Waals surface area contributed by atoms with Crippen LogP contribution in [0.15, 0.2) is 0 Å². The molecule has 0 amide bonds. The molecule has 1 nitrogen and oxygen atoms in total. The van der Waals surface area contributed by atoms with Crippen LogP contribution in [0.3, 0.4) is 0 Å². The molecule has 0 aliphatic heterocycles. The normalized spacial score (nSPS) is 28.4. The van der Waals surface area contributed by atoms with Crippen molar-refractivity contribution in [3.05, 3.63) is 0 Å². The molecule has 0 radical (unpaired) electrons. The van der Waals surface area contributed by atoms with Crippen molar-refractivity contribution in [2.75, 3.05) is 6.54 Å². The molecule has 2 aliphatic carbocycles. The molecular formula is C14H25F2N. The van der Waals surface area contributed by atoms with E-state index in [1.807, 2.05) is 0 Å². The summed E-state index contributed by atoms with van der Waals surface area (Å²) >= 11 is 0. The van der Waals surface area contributed by atoms with Crippen LogP contribution in [0.4, 0.5) is 8.78 Å². The fraction of sp³-hybridized carbons (Fsp3) is 1.00. The molecule has 1 N–H and O–H groups in total. The molecule has 1 atom stereocenters. The summed E-state index contributed by atoms with van der Waals surface area (Å²) in [6.45, 7) is 3.09. The van der Waals surface area contributed by atoms with E-state index >= 15 is 0 Å². The van der Waals surface area contributed by atoms with Crippen LogP contribution in [0.1, 0.15) is 58.3 Å². The third-order valence-corrected chi connectivity index (χ3v) is 4.62. The second-order valence-electron chi connectivity index (χ2n) is 5.82. The van der Waals surface area contributed by atoms with Gasteiger partial charge in [0.1, 0.15) is 0 Å². The highest BCUT2D eigenvalue weighted by Crippen LogP contribution is 2.41. The number of hydrogen-bond acceptors (Lipinski definition) is 1. The molecule has 2 rings (SSSR count). The zero-order valence-corrected chi connectivity index (χ0v) is 10.9. The van der Waals surface area contributed by atoms with Crippen molar-refractivity contribution < 1.29 is 8.78 Å². The molecule has 0 saturated heterocycles. The summed E-state index contributed by atoms with van der Waals surface area (Å²) in [6, 6.07) is 0.499. The smallest absolute Gasteiger partial charge is 0.248 e. The number of alkyl halides is 2. The fourth-order valence-electron chi connectivity index (χ4n) is 3.69. The van der Waals surface area contributed by atoms with Gasteiger partial charge < -0.3 is 5.32 Å². The van der Waals surface area contributed by atoms with Gasteiger partial charge in [0.05, 0.1) is 0 Å². The SMILES string of the molecule is CCNC(C1CCCC1)C1CCC(F)(F)CC1. The van der Waals surface area contributed by atoms with Crippen molar-refractivity contribution in [2.24, 2.45) is 11.8 Å². The monoisotopic (exact) mass is 245 g/mol. The molecular weight excluding hydrogens is 220 g/mol. The van der Waals surface area contributed by atoms with Gasteiger partial charge in [0.2, 0.25) is 5.92 Å². The molecule has 3 heteroatoms. The van der Waals surface area contributed by atoms with Crippen molar-refractivity contribution in [1.82, 2.24) is 5.32 Å². The first kappa shape index (κ1) is 13.3. The second-order valence-corrected chi connectivity index (χ2v) is 5.82. The lowest BCUT2D eigenvalue weighted by molar-refractivity contribution is -0.0518. The number of hydrogen-bond donors (Lipinski definition) is 1. The summed E-state index contributed by atoms with van der Waals surface area (Å²) in [5.74, 6) is -1.16.